The number of aromatic nitrogens is 1. The number of carbonyl (C=O) groups is 1. The molecular weight excluding hydrogens is 338 g/mol. The summed E-state index contributed by atoms with van der Waals surface area (Å²) >= 11 is 0. The molecule has 0 radical (unpaired) electrons. The average molecular weight is 355 g/mol. The van der Waals surface area contributed by atoms with Crippen LogP contribution in [0, 0.1) is 23.7 Å². The molecule has 26 heavy (non-hydrogen) atoms. The first-order chi connectivity index (χ1) is 12.5. The van der Waals surface area contributed by atoms with Crippen LogP contribution in [-0.4, -0.2) is 35.5 Å². The average Bonchev–Trinajstić information content (AvgIpc) is 2.99. The van der Waals surface area contributed by atoms with E-state index in [1.165, 1.54) is 6.20 Å². The molecule has 134 valence electrons. The van der Waals surface area contributed by atoms with E-state index >= 15 is 0 Å². The van der Waals surface area contributed by atoms with Gasteiger partial charge in [0.1, 0.15) is 23.2 Å². The summed E-state index contributed by atoms with van der Waals surface area (Å²) in [5, 5.41) is 26.6. The molecular formula is C18H17N3O5. The summed E-state index contributed by atoms with van der Waals surface area (Å²) in [5.74, 6) is 0.498. The molecule has 0 spiro atoms. The van der Waals surface area contributed by atoms with E-state index in [4.69, 9.17) is 14.0 Å². The molecule has 1 aromatic heterocycles. The number of anilines is 1. The molecule has 2 aromatic rings. The minimum absolute atomic E-state index is 0.00669. The van der Waals surface area contributed by atoms with Crippen molar-refractivity contribution in [1.82, 2.24) is 5.16 Å². The number of rotatable bonds is 5. The van der Waals surface area contributed by atoms with Crippen LogP contribution in [0.25, 0.3) is 0 Å². The summed E-state index contributed by atoms with van der Waals surface area (Å²) in [5.41, 5.74) is -2.29. The molecule has 1 aliphatic carbocycles. The zero-order valence-electron chi connectivity index (χ0n) is 14.1. The number of amides is 1. The summed E-state index contributed by atoms with van der Waals surface area (Å²) < 4.78 is 15.7. The molecule has 1 saturated carbocycles. The van der Waals surface area contributed by atoms with Crippen LogP contribution < -0.4 is 10.1 Å². The molecule has 2 fully saturated rings. The number of nitrogens with zero attached hydrogens (tertiary/aromatic N) is 2. The maximum atomic E-state index is 12.7. The quantitative estimate of drug-likeness (QED) is 0.834. The number of ether oxygens (including phenoxy) is 2. The molecule has 2 atom stereocenters. The van der Waals surface area contributed by atoms with Crippen molar-refractivity contribution in [3.05, 3.63) is 41.8 Å². The van der Waals surface area contributed by atoms with Crippen molar-refractivity contribution in [2.45, 2.75) is 25.0 Å². The number of hydrogen-bond donors (Lipinski definition) is 2. The van der Waals surface area contributed by atoms with Gasteiger partial charge in [0.25, 0.3) is 0 Å². The van der Waals surface area contributed by atoms with E-state index in [-0.39, 0.29) is 12.5 Å². The van der Waals surface area contributed by atoms with E-state index in [2.05, 4.69) is 10.5 Å². The van der Waals surface area contributed by atoms with Crippen LogP contribution in [0.5, 0.6) is 5.75 Å². The standard InChI is InChI=1S/C18H17N3O5/c1-11-15(6-20-26-11)18(23)9-17(18,10-19)16(22)21-12-2-4-13(5-3-12)25-14-7-24-8-14/h2-6,14,23H,7-9H2,1H3,(H,21,22). The molecule has 4 rings (SSSR count). The van der Waals surface area contributed by atoms with Gasteiger partial charge in [-0.15, -0.1) is 0 Å². The Morgan fingerprint density at radius 2 is 2.15 bits per heavy atom. The van der Waals surface area contributed by atoms with Gasteiger partial charge in [-0.25, -0.2) is 0 Å². The molecule has 1 amide bonds. The maximum Gasteiger partial charge on any atom is 0.248 e. The highest BCUT2D eigenvalue weighted by atomic mass is 16.6. The Kier molecular flexibility index (Phi) is 3.72. The van der Waals surface area contributed by atoms with Crippen LogP contribution in [0.3, 0.4) is 0 Å². The lowest BCUT2D eigenvalue weighted by Gasteiger charge is -2.26. The van der Waals surface area contributed by atoms with E-state index in [0.29, 0.717) is 36.0 Å². The van der Waals surface area contributed by atoms with Crippen molar-refractivity contribution in [2.75, 3.05) is 18.5 Å². The fraction of sp³-hybridized carbons (Fsp3) is 0.389. The zero-order valence-corrected chi connectivity index (χ0v) is 14.1. The van der Waals surface area contributed by atoms with Gasteiger partial charge in [0.15, 0.2) is 5.41 Å². The third-order valence-electron chi connectivity index (χ3n) is 4.90. The largest absolute Gasteiger partial charge is 0.486 e. The van der Waals surface area contributed by atoms with E-state index in [0.717, 1.165) is 0 Å². The first-order valence-electron chi connectivity index (χ1n) is 8.20. The number of hydrogen-bond acceptors (Lipinski definition) is 7. The highest BCUT2D eigenvalue weighted by Gasteiger charge is 2.75. The van der Waals surface area contributed by atoms with Gasteiger partial charge in [-0.2, -0.15) is 5.26 Å². The fourth-order valence-electron chi connectivity index (χ4n) is 3.14. The summed E-state index contributed by atoms with van der Waals surface area (Å²) in [6.45, 7) is 2.78. The normalized spacial score (nSPS) is 27.3. The highest BCUT2D eigenvalue weighted by molar-refractivity contribution is 6.01. The molecule has 1 saturated heterocycles. The van der Waals surface area contributed by atoms with Crippen LogP contribution in [0.4, 0.5) is 5.69 Å². The van der Waals surface area contributed by atoms with Gasteiger partial charge in [0, 0.05) is 17.7 Å². The second-order valence-electron chi connectivity index (χ2n) is 6.61. The Labute approximate surface area is 149 Å². The summed E-state index contributed by atoms with van der Waals surface area (Å²) in [4.78, 5) is 12.7. The zero-order chi connectivity index (χ0) is 18.4. The van der Waals surface area contributed by atoms with Gasteiger partial charge in [-0.05, 0) is 31.2 Å². The van der Waals surface area contributed by atoms with Gasteiger partial charge in [-0.3, -0.25) is 4.79 Å². The highest BCUT2D eigenvalue weighted by Crippen LogP contribution is 2.63. The molecule has 1 aliphatic heterocycles. The SMILES string of the molecule is Cc1oncc1C1(O)CC1(C#N)C(=O)Nc1ccc(OC2COC2)cc1. The van der Waals surface area contributed by atoms with Gasteiger partial charge < -0.3 is 24.4 Å². The van der Waals surface area contributed by atoms with E-state index in [1.807, 2.05) is 6.07 Å². The van der Waals surface area contributed by atoms with Crippen molar-refractivity contribution in [3.8, 4) is 11.8 Å². The summed E-state index contributed by atoms with van der Waals surface area (Å²) in [6, 6.07) is 8.79. The Balaban J connectivity index is 1.47. The number of nitriles is 1. The molecule has 8 nitrogen and oxygen atoms in total. The summed E-state index contributed by atoms with van der Waals surface area (Å²) in [7, 11) is 0. The topological polar surface area (TPSA) is 118 Å². The van der Waals surface area contributed by atoms with Crippen molar-refractivity contribution in [2.24, 2.45) is 5.41 Å². The molecule has 2 N–H and O–H groups in total. The molecule has 2 aliphatic rings. The van der Waals surface area contributed by atoms with Crippen LogP contribution in [-0.2, 0) is 15.1 Å². The Bertz CT molecular complexity index is 883. The predicted molar refractivity (Wildman–Crippen MR) is 88.1 cm³/mol. The third kappa shape index (κ3) is 2.44. The van der Waals surface area contributed by atoms with Gasteiger partial charge in [0.2, 0.25) is 5.91 Å². The van der Waals surface area contributed by atoms with Crippen LogP contribution in [0.2, 0.25) is 0 Å². The number of carbonyl (C=O) groups excluding carboxylic acids is 1. The Morgan fingerprint density at radius 3 is 2.69 bits per heavy atom. The lowest BCUT2D eigenvalue weighted by atomic mass is 9.96. The minimum Gasteiger partial charge on any atom is -0.486 e. The molecule has 2 unspecified atom stereocenters. The van der Waals surface area contributed by atoms with Crippen molar-refractivity contribution in [3.63, 3.8) is 0 Å². The maximum absolute atomic E-state index is 12.7. The van der Waals surface area contributed by atoms with E-state index < -0.39 is 16.9 Å². The van der Waals surface area contributed by atoms with Crippen molar-refractivity contribution in [1.29, 1.82) is 5.26 Å². The van der Waals surface area contributed by atoms with Gasteiger partial charge in [-0.1, -0.05) is 5.16 Å². The fourth-order valence-corrected chi connectivity index (χ4v) is 3.14. The van der Waals surface area contributed by atoms with Crippen molar-refractivity contribution >= 4 is 11.6 Å². The van der Waals surface area contributed by atoms with E-state index in [9.17, 15) is 15.2 Å². The second-order valence-corrected chi connectivity index (χ2v) is 6.61. The second kappa shape index (κ2) is 5.83. The number of nitrogens with one attached hydrogen (secondary N) is 1. The first-order valence-corrected chi connectivity index (χ1v) is 8.20. The first kappa shape index (κ1) is 16.6. The molecule has 8 heteroatoms. The minimum atomic E-state index is -1.59. The monoisotopic (exact) mass is 355 g/mol. The smallest absolute Gasteiger partial charge is 0.248 e. The Morgan fingerprint density at radius 1 is 1.42 bits per heavy atom. The number of aryl methyl sites for hydroxylation is 1. The Hall–Kier alpha value is -2.89. The molecule has 2 heterocycles. The van der Waals surface area contributed by atoms with Crippen LogP contribution in [0.15, 0.2) is 35.0 Å². The van der Waals surface area contributed by atoms with Gasteiger partial charge >= 0.3 is 0 Å². The third-order valence-corrected chi connectivity index (χ3v) is 4.90. The summed E-state index contributed by atoms with van der Waals surface area (Å²) in [6.07, 6.45) is 1.40. The van der Waals surface area contributed by atoms with Crippen LogP contribution >= 0.6 is 0 Å². The number of benzene rings is 1. The van der Waals surface area contributed by atoms with E-state index in [1.54, 1.807) is 31.2 Å². The van der Waals surface area contributed by atoms with Crippen LogP contribution in [0.1, 0.15) is 17.7 Å². The number of aliphatic hydroxyl groups is 1. The van der Waals surface area contributed by atoms with Crippen molar-refractivity contribution < 1.29 is 23.9 Å². The predicted octanol–water partition coefficient (Wildman–Crippen LogP) is 1.50. The lowest BCUT2D eigenvalue weighted by Crippen LogP contribution is -2.38. The molecule has 1 aromatic carbocycles. The lowest BCUT2D eigenvalue weighted by molar-refractivity contribution is -0.121. The van der Waals surface area contributed by atoms with Gasteiger partial charge in [0.05, 0.1) is 25.5 Å². The molecule has 0 bridgehead atoms.